The minimum Gasteiger partial charge on any atom is -0.497 e. The molecule has 0 bridgehead atoms. The fourth-order valence-corrected chi connectivity index (χ4v) is 9.34. The molecule has 0 spiro atoms. The van der Waals surface area contributed by atoms with Crippen molar-refractivity contribution >= 4 is 50.5 Å². The predicted octanol–water partition coefficient (Wildman–Crippen LogP) is 6.39. The van der Waals surface area contributed by atoms with Crippen molar-refractivity contribution in [2.45, 2.75) is 61.9 Å². The highest BCUT2D eigenvalue weighted by atomic mass is 127. The van der Waals surface area contributed by atoms with Gasteiger partial charge in [0.05, 0.1) is 39.5 Å². The van der Waals surface area contributed by atoms with Crippen molar-refractivity contribution in [3.8, 4) is 28.6 Å². The van der Waals surface area contributed by atoms with E-state index in [9.17, 15) is 9.90 Å². The Morgan fingerprint density at radius 1 is 0.857 bits per heavy atom. The number of benzene rings is 4. The largest absolute Gasteiger partial charge is 0.497 e. The lowest BCUT2D eigenvalue weighted by molar-refractivity contribution is 0.0499. The second-order valence-electron chi connectivity index (χ2n) is 13.6. The lowest BCUT2D eigenvalue weighted by Gasteiger charge is -2.26. The highest BCUT2D eigenvalue weighted by molar-refractivity contribution is 14.1. The Morgan fingerprint density at radius 2 is 1.38 bits per heavy atom. The summed E-state index contributed by atoms with van der Waals surface area (Å²) in [6.07, 6.45) is -1.71. The first-order valence-electron chi connectivity index (χ1n) is 17.5. The molecule has 0 saturated heterocycles. The zero-order chi connectivity index (χ0) is 40.5. The van der Waals surface area contributed by atoms with Gasteiger partial charge in [-0.2, -0.15) is 9.10 Å². The zero-order valence-electron chi connectivity index (χ0n) is 31.9. The molecule has 0 saturated carbocycles. The number of amides is 1. The monoisotopic (exact) mass is 916 g/mol. The number of carbonyl (C=O) groups is 1. The molecule has 56 heavy (non-hydrogen) atoms. The van der Waals surface area contributed by atoms with E-state index in [2.05, 4.69) is 43.3 Å². The highest BCUT2D eigenvalue weighted by Crippen LogP contribution is 2.40. The number of hydrogen-bond donors (Lipinski definition) is 2. The second-order valence-corrected chi connectivity index (χ2v) is 17.7. The molecular weight excluding hydrogens is 872 g/mol. The van der Waals surface area contributed by atoms with Gasteiger partial charge in [0, 0.05) is 33.9 Å². The highest BCUT2D eigenvalue weighted by Gasteiger charge is 2.34. The van der Waals surface area contributed by atoms with E-state index >= 15 is 8.42 Å². The van der Waals surface area contributed by atoms with Gasteiger partial charge in [-0.1, -0.05) is 36.4 Å². The number of nitrogens with one attached hydrogen (secondary N) is 1. The number of nitrogens with zero attached hydrogens (tertiary/aromatic N) is 5. The first-order chi connectivity index (χ1) is 26.7. The topological polar surface area (TPSA) is 167 Å². The molecule has 2 N–H and O–H groups in total. The molecular formula is C39H45IN6O8S2. The van der Waals surface area contributed by atoms with E-state index in [1.165, 1.54) is 9.10 Å². The van der Waals surface area contributed by atoms with Gasteiger partial charge in [0.15, 0.2) is 0 Å². The third kappa shape index (κ3) is 11.6. The third-order valence-corrected chi connectivity index (χ3v) is 12.3. The lowest BCUT2D eigenvalue weighted by atomic mass is 10.2. The van der Waals surface area contributed by atoms with E-state index in [0.717, 1.165) is 28.5 Å². The number of carbonyl (C=O) groups excluding carboxylic acids is 1. The molecule has 14 nitrogen and oxygen atoms in total. The molecule has 0 aliphatic carbocycles. The van der Waals surface area contributed by atoms with Gasteiger partial charge in [0.2, 0.25) is 15.8 Å². The maximum Gasteiger partial charge on any atom is 0.407 e. The minimum atomic E-state index is -4.37. The summed E-state index contributed by atoms with van der Waals surface area (Å²) in [5.74, 6) is 2.15. The molecule has 298 valence electrons. The van der Waals surface area contributed by atoms with Crippen LogP contribution in [0.3, 0.4) is 0 Å². The van der Waals surface area contributed by atoms with E-state index in [1.807, 2.05) is 48.5 Å². The van der Waals surface area contributed by atoms with Crippen LogP contribution in [0.4, 0.5) is 4.79 Å². The summed E-state index contributed by atoms with van der Waals surface area (Å²) in [6, 6.07) is 25.3. The number of thioether (sulfide) groups is 1. The van der Waals surface area contributed by atoms with E-state index in [0.29, 0.717) is 25.7 Å². The summed E-state index contributed by atoms with van der Waals surface area (Å²) in [6.45, 7) is 5.45. The molecule has 0 aliphatic rings. The fourth-order valence-electron chi connectivity index (χ4n) is 5.41. The molecule has 0 fully saturated rings. The molecule has 5 aromatic rings. The molecule has 5 rings (SSSR count). The summed E-state index contributed by atoms with van der Waals surface area (Å²) < 4.78 is 53.9. The van der Waals surface area contributed by atoms with Crippen molar-refractivity contribution in [2.24, 2.45) is 0 Å². The van der Waals surface area contributed by atoms with Crippen LogP contribution in [-0.2, 0) is 34.4 Å². The molecule has 1 heterocycles. The Hall–Kier alpha value is -4.43. The van der Waals surface area contributed by atoms with Crippen LogP contribution in [0.1, 0.15) is 37.5 Å². The van der Waals surface area contributed by atoms with Gasteiger partial charge < -0.3 is 29.4 Å². The molecule has 0 aliphatic heterocycles. The van der Waals surface area contributed by atoms with Crippen LogP contribution in [-0.4, -0.2) is 89.5 Å². The molecule has 1 unspecified atom stereocenters. The number of sulfonamides is 1. The van der Waals surface area contributed by atoms with Gasteiger partial charge in [0.1, 0.15) is 27.7 Å². The molecule has 1 amide bonds. The van der Waals surface area contributed by atoms with Gasteiger partial charge in [0.25, 0.3) is 0 Å². The Morgan fingerprint density at radius 3 is 1.88 bits per heavy atom. The number of aromatic nitrogens is 4. The quantitative estimate of drug-likeness (QED) is 0.0781. The number of aliphatic hydroxyl groups excluding tert-OH is 1. The third-order valence-electron chi connectivity index (χ3n) is 8.18. The Labute approximate surface area is 345 Å². The van der Waals surface area contributed by atoms with Crippen LogP contribution in [0.25, 0.3) is 11.4 Å². The average molecular weight is 917 g/mol. The van der Waals surface area contributed by atoms with Crippen LogP contribution >= 0.6 is 34.4 Å². The Balaban J connectivity index is 1.56. The van der Waals surface area contributed by atoms with Crippen LogP contribution in [0.5, 0.6) is 17.2 Å². The van der Waals surface area contributed by atoms with Gasteiger partial charge in [-0.15, -0.1) is 22.0 Å². The van der Waals surface area contributed by atoms with Crippen molar-refractivity contribution in [3.05, 3.63) is 105 Å². The molecule has 0 radical (unpaired) electrons. The van der Waals surface area contributed by atoms with Crippen LogP contribution in [0.2, 0.25) is 0 Å². The van der Waals surface area contributed by atoms with Crippen LogP contribution in [0, 0.1) is 3.57 Å². The van der Waals surface area contributed by atoms with Gasteiger partial charge in [-0.3, -0.25) is 0 Å². The number of tetrazole rings is 1. The zero-order valence-corrected chi connectivity index (χ0v) is 35.7. The van der Waals surface area contributed by atoms with Crippen molar-refractivity contribution in [1.82, 2.24) is 29.8 Å². The number of rotatable bonds is 17. The first kappa shape index (κ1) is 42.7. The lowest BCUT2D eigenvalue weighted by Crippen LogP contribution is -2.37. The van der Waals surface area contributed by atoms with Gasteiger partial charge >= 0.3 is 6.09 Å². The summed E-state index contributed by atoms with van der Waals surface area (Å²) >= 11 is 3.22. The number of halogens is 1. The number of alkyl carbamates (subject to hydrolysis) is 1. The maximum atomic E-state index is 15.3. The number of methoxy groups -OCH3 is 3. The van der Waals surface area contributed by atoms with E-state index in [1.54, 1.807) is 78.5 Å². The van der Waals surface area contributed by atoms with Crippen molar-refractivity contribution < 1.29 is 37.3 Å². The van der Waals surface area contributed by atoms with Crippen molar-refractivity contribution in [2.75, 3.05) is 33.6 Å². The minimum absolute atomic E-state index is 0.0212. The van der Waals surface area contributed by atoms with E-state index in [4.69, 9.17) is 18.9 Å². The number of ether oxygens (including phenoxy) is 4. The van der Waals surface area contributed by atoms with Crippen molar-refractivity contribution in [1.29, 1.82) is 0 Å². The Bertz CT molecular complexity index is 2130. The van der Waals surface area contributed by atoms with Crippen molar-refractivity contribution in [3.63, 3.8) is 0 Å². The summed E-state index contributed by atoms with van der Waals surface area (Å²) in [4.78, 5) is 14.0. The normalized spacial score (nSPS) is 12.3. The van der Waals surface area contributed by atoms with Crippen LogP contribution < -0.4 is 19.5 Å². The first-order valence-corrected chi connectivity index (χ1v) is 21.0. The molecule has 1 atom stereocenters. The van der Waals surface area contributed by atoms with Crippen LogP contribution in [0.15, 0.2) is 94.7 Å². The van der Waals surface area contributed by atoms with E-state index < -0.39 is 27.8 Å². The Kier molecular flexibility index (Phi) is 14.6. The summed E-state index contributed by atoms with van der Waals surface area (Å²) in [5.41, 5.74) is 1.92. The maximum absolute atomic E-state index is 15.3. The molecule has 17 heteroatoms. The smallest absolute Gasteiger partial charge is 0.407 e. The number of aliphatic hydroxyl groups is 1. The van der Waals surface area contributed by atoms with E-state index in [-0.39, 0.29) is 48.2 Å². The summed E-state index contributed by atoms with van der Waals surface area (Å²) in [5, 5.41) is 26.8. The number of hydrogen-bond acceptors (Lipinski definition) is 12. The average Bonchev–Trinajstić information content (AvgIpc) is 3.64. The standard InChI is InChI=1S/C39H45IN6O8S2/c1-39(2,3)54-38(48)41-21-29(47)25-55-34-20-19-33(40)35(37-42-44-46(43-37)24-28-11-17-32(53-6)18-12-28)36(34)56(49,50)45(22-26-7-13-30(51-4)14-8-26)23-27-9-15-31(52-5)16-10-27/h7-20,29,47H,21-25H2,1-6H3,(H,41,48). The van der Waals surface area contributed by atoms with Gasteiger partial charge in [-0.05, 0) is 114 Å². The predicted molar refractivity (Wildman–Crippen MR) is 221 cm³/mol. The SMILES string of the molecule is COc1ccc(CN(Cc2ccc(OC)cc2)S(=O)(=O)c2c(SCC(O)CNC(=O)OC(C)(C)C)ccc(I)c2-c2nnn(Cc3ccc(OC)cc3)n2)cc1. The second kappa shape index (κ2) is 19.1. The molecule has 1 aromatic heterocycles. The van der Waals surface area contributed by atoms with Gasteiger partial charge in [-0.25, -0.2) is 13.2 Å². The summed E-state index contributed by atoms with van der Waals surface area (Å²) in [7, 11) is 0.362. The molecule has 4 aromatic carbocycles. The fraction of sp³-hybridized carbons (Fsp3) is 0.333.